The number of fused-ring (bicyclic) bond motifs is 1. The third-order valence-electron chi connectivity index (χ3n) is 5.74. The van der Waals surface area contributed by atoms with Crippen LogP contribution in [0.15, 0.2) is 48.7 Å². The molecular weight excluding hydrogens is 387 g/mol. The maximum absolute atomic E-state index is 13.5. The predicted octanol–water partition coefficient (Wildman–Crippen LogP) is 4.74. The highest BCUT2D eigenvalue weighted by molar-refractivity contribution is 6.32. The number of pyridine rings is 1. The third-order valence-corrected chi connectivity index (χ3v) is 6.15. The van der Waals surface area contributed by atoms with Gasteiger partial charge in [-0.1, -0.05) is 23.7 Å². The molecule has 1 saturated heterocycles. The Morgan fingerprint density at radius 1 is 1.10 bits per heavy atom. The number of likely N-dealkylation sites (N-methyl/N-ethyl adjacent to an activating group) is 1. The van der Waals surface area contributed by atoms with Crippen LogP contribution in [0.1, 0.15) is 17.2 Å². The largest absolute Gasteiger partial charge is 0.383 e. The molecule has 1 unspecified atom stereocenters. The number of nitrogens with one attached hydrogen (secondary N) is 1. The molecule has 1 aromatic heterocycles. The van der Waals surface area contributed by atoms with Crippen molar-refractivity contribution in [1.82, 2.24) is 14.8 Å². The molecule has 29 heavy (non-hydrogen) atoms. The van der Waals surface area contributed by atoms with Gasteiger partial charge in [0.25, 0.3) is 0 Å². The van der Waals surface area contributed by atoms with Gasteiger partial charge >= 0.3 is 0 Å². The Labute approximate surface area is 176 Å². The van der Waals surface area contributed by atoms with E-state index in [9.17, 15) is 4.39 Å². The minimum atomic E-state index is -0.202. The Kier molecular flexibility index (Phi) is 5.99. The molecule has 1 aliphatic rings. The van der Waals surface area contributed by atoms with Crippen LogP contribution in [0.25, 0.3) is 10.9 Å². The Balaban J connectivity index is 1.60. The molecule has 6 heteroatoms. The zero-order chi connectivity index (χ0) is 20.4. The SMILES string of the molecule is Cc1cc2c(NCC(c3ccc(F)cc3)N3CCN(C)CC3)ccnc2cc1Cl. The molecule has 1 N–H and O–H groups in total. The summed E-state index contributed by atoms with van der Waals surface area (Å²) in [6.45, 7) is 6.79. The molecule has 0 saturated carbocycles. The van der Waals surface area contributed by atoms with E-state index in [4.69, 9.17) is 11.6 Å². The van der Waals surface area contributed by atoms with E-state index in [1.807, 2.05) is 31.2 Å². The molecule has 0 aliphatic carbocycles. The highest BCUT2D eigenvalue weighted by Crippen LogP contribution is 2.29. The minimum absolute atomic E-state index is 0.168. The number of piperazine rings is 1. The Hall–Kier alpha value is -2.21. The van der Waals surface area contributed by atoms with Crippen molar-refractivity contribution in [3.8, 4) is 0 Å². The van der Waals surface area contributed by atoms with E-state index in [1.54, 1.807) is 18.3 Å². The van der Waals surface area contributed by atoms with E-state index in [0.717, 1.165) is 65.5 Å². The second-order valence-corrected chi connectivity index (χ2v) is 8.17. The maximum Gasteiger partial charge on any atom is 0.123 e. The van der Waals surface area contributed by atoms with Crippen molar-refractivity contribution < 1.29 is 4.39 Å². The second kappa shape index (κ2) is 8.66. The van der Waals surface area contributed by atoms with Gasteiger partial charge < -0.3 is 10.2 Å². The summed E-state index contributed by atoms with van der Waals surface area (Å²) < 4.78 is 13.5. The molecule has 1 fully saturated rings. The molecule has 0 amide bonds. The van der Waals surface area contributed by atoms with Crippen molar-refractivity contribution in [2.75, 3.05) is 45.1 Å². The van der Waals surface area contributed by atoms with Crippen LogP contribution in [0.5, 0.6) is 0 Å². The molecule has 3 aromatic rings. The monoisotopic (exact) mass is 412 g/mol. The number of anilines is 1. The third kappa shape index (κ3) is 4.53. The summed E-state index contributed by atoms with van der Waals surface area (Å²) in [7, 11) is 2.15. The fourth-order valence-electron chi connectivity index (χ4n) is 3.91. The smallest absolute Gasteiger partial charge is 0.123 e. The lowest BCUT2D eigenvalue weighted by Gasteiger charge is -2.38. The van der Waals surface area contributed by atoms with Crippen LogP contribution in [0, 0.1) is 12.7 Å². The van der Waals surface area contributed by atoms with Crippen molar-refractivity contribution in [2.45, 2.75) is 13.0 Å². The lowest BCUT2D eigenvalue weighted by Crippen LogP contribution is -2.47. The van der Waals surface area contributed by atoms with Gasteiger partial charge in [0.2, 0.25) is 0 Å². The van der Waals surface area contributed by atoms with E-state index in [2.05, 4.69) is 33.2 Å². The van der Waals surface area contributed by atoms with Crippen LogP contribution >= 0.6 is 11.6 Å². The van der Waals surface area contributed by atoms with E-state index in [0.29, 0.717) is 0 Å². The van der Waals surface area contributed by atoms with Crippen molar-refractivity contribution in [1.29, 1.82) is 0 Å². The first-order valence-electron chi connectivity index (χ1n) is 9.98. The molecule has 4 rings (SSSR count). The number of aryl methyl sites for hydroxylation is 1. The maximum atomic E-state index is 13.5. The number of hydrogen-bond acceptors (Lipinski definition) is 4. The van der Waals surface area contributed by atoms with Crippen LogP contribution in [-0.4, -0.2) is 54.6 Å². The summed E-state index contributed by atoms with van der Waals surface area (Å²) in [5.74, 6) is -0.202. The van der Waals surface area contributed by atoms with Crippen molar-refractivity contribution in [2.24, 2.45) is 0 Å². The number of nitrogens with zero attached hydrogens (tertiary/aromatic N) is 3. The zero-order valence-electron chi connectivity index (χ0n) is 16.8. The molecule has 1 atom stereocenters. The second-order valence-electron chi connectivity index (χ2n) is 7.76. The normalized spacial score (nSPS) is 16.8. The summed E-state index contributed by atoms with van der Waals surface area (Å²) in [4.78, 5) is 9.27. The molecule has 2 aromatic carbocycles. The highest BCUT2D eigenvalue weighted by atomic mass is 35.5. The molecule has 0 bridgehead atoms. The van der Waals surface area contributed by atoms with Gasteiger partial charge in [-0.2, -0.15) is 0 Å². The Morgan fingerprint density at radius 2 is 1.83 bits per heavy atom. The van der Waals surface area contributed by atoms with Gasteiger partial charge in [0.15, 0.2) is 0 Å². The first-order chi connectivity index (χ1) is 14.0. The van der Waals surface area contributed by atoms with Gasteiger partial charge in [0.1, 0.15) is 5.82 Å². The van der Waals surface area contributed by atoms with Crippen molar-refractivity contribution in [3.63, 3.8) is 0 Å². The Morgan fingerprint density at radius 3 is 2.55 bits per heavy atom. The molecule has 0 radical (unpaired) electrons. The van der Waals surface area contributed by atoms with Crippen LogP contribution < -0.4 is 5.32 Å². The summed E-state index contributed by atoms with van der Waals surface area (Å²) in [5, 5.41) is 5.41. The van der Waals surface area contributed by atoms with Gasteiger partial charge in [-0.05, 0) is 55.4 Å². The van der Waals surface area contributed by atoms with Crippen LogP contribution in [-0.2, 0) is 0 Å². The van der Waals surface area contributed by atoms with Crippen LogP contribution in [0.3, 0.4) is 0 Å². The van der Waals surface area contributed by atoms with Crippen molar-refractivity contribution >= 4 is 28.2 Å². The van der Waals surface area contributed by atoms with E-state index < -0.39 is 0 Å². The fraction of sp³-hybridized carbons (Fsp3) is 0.348. The average molecular weight is 413 g/mol. The average Bonchev–Trinajstić information content (AvgIpc) is 2.72. The van der Waals surface area contributed by atoms with Gasteiger partial charge in [0, 0.05) is 55.0 Å². The molecule has 0 spiro atoms. The molecular formula is C23H26ClFN4. The topological polar surface area (TPSA) is 31.4 Å². The molecule has 2 heterocycles. The lowest BCUT2D eigenvalue weighted by atomic mass is 10.0. The number of rotatable bonds is 5. The summed E-state index contributed by atoms with van der Waals surface area (Å²) >= 11 is 6.27. The van der Waals surface area contributed by atoms with Gasteiger partial charge in [-0.25, -0.2) is 4.39 Å². The first-order valence-corrected chi connectivity index (χ1v) is 10.4. The number of benzene rings is 2. The summed E-state index contributed by atoms with van der Waals surface area (Å²) in [5.41, 5.74) is 4.07. The highest BCUT2D eigenvalue weighted by Gasteiger charge is 2.24. The van der Waals surface area contributed by atoms with Gasteiger partial charge in [0.05, 0.1) is 11.6 Å². The van der Waals surface area contributed by atoms with Gasteiger partial charge in [-0.3, -0.25) is 9.88 Å². The Bertz CT molecular complexity index is 984. The lowest BCUT2D eigenvalue weighted by molar-refractivity contribution is 0.116. The zero-order valence-corrected chi connectivity index (χ0v) is 17.6. The quantitative estimate of drug-likeness (QED) is 0.656. The minimum Gasteiger partial charge on any atom is -0.383 e. The fourth-order valence-corrected chi connectivity index (χ4v) is 4.07. The van der Waals surface area contributed by atoms with E-state index >= 15 is 0 Å². The summed E-state index contributed by atoms with van der Waals surface area (Å²) in [6, 6.07) is 13.0. The molecule has 4 nitrogen and oxygen atoms in total. The van der Waals surface area contributed by atoms with Crippen LogP contribution in [0.4, 0.5) is 10.1 Å². The number of aromatic nitrogens is 1. The van der Waals surface area contributed by atoms with Gasteiger partial charge in [-0.15, -0.1) is 0 Å². The number of hydrogen-bond donors (Lipinski definition) is 1. The molecule has 1 aliphatic heterocycles. The van der Waals surface area contributed by atoms with Crippen LogP contribution in [0.2, 0.25) is 5.02 Å². The van der Waals surface area contributed by atoms with Crippen molar-refractivity contribution in [3.05, 3.63) is 70.6 Å². The molecule has 152 valence electrons. The first kappa shape index (κ1) is 20.1. The predicted molar refractivity (Wildman–Crippen MR) is 118 cm³/mol. The standard InChI is InChI=1S/C23H26ClFN4/c1-16-13-19-21(7-8-26-22(19)14-20(16)24)27-15-23(17-3-5-18(25)6-4-17)29-11-9-28(2)10-12-29/h3-8,13-14,23H,9-12,15H2,1-2H3,(H,26,27). The van der Waals surface area contributed by atoms with E-state index in [1.165, 1.54) is 0 Å². The summed E-state index contributed by atoms with van der Waals surface area (Å²) in [6.07, 6.45) is 1.80. The van der Waals surface area contributed by atoms with E-state index in [-0.39, 0.29) is 11.9 Å². The number of halogens is 2.